The van der Waals surface area contributed by atoms with Gasteiger partial charge < -0.3 is 9.80 Å². The largest absolute Gasteiger partial charge is 0.354 e. The van der Waals surface area contributed by atoms with E-state index in [0.717, 1.165) is 48.9 Å². The number of hydrogen-bond acceptors (Lipinski definition) is 6. The molecule has 1 aliphatic heterocycles. The highest BCUT2D eigenvalue weighted by molar-refractivity contribution is 7.91. The van der Waals surface area contributed by atoms with Crippen LogP contribution in [-0.2, 0) is 16.6 Å². The predicted octanol–water partition coefficient (Wildman–Crippen LogP) is 2.03. The lowest BCUT2D eigenvalue weighted by Crippen LogP contribution is -2.44. The summed E-state index contributed by atoms with van der Waals surface area (Å²) < 4.78 is 27.8. The van der Waals surface area contributed by atoms with E-state index in [1.54, 1.807) is 12.3 Å². The fourth-order valence-corrected chi connectivity index (χ4v) is 5.02. The third-order valence-electron chi connectivity index (χ3n) is 3.92. The Morgan fingerprint density at radius 2 is 2.00 bits per heavy atom. The summed E-state index contributed by atoms with van der Waals surface area (Å²) in [6.07, 6.45) is 1.72. The lowest BCUT2D eigenvalue weighted by molar-refractivity contribution is 0.312. The highest BCUT2D eigenvalue weighted by atomic mass is 35.5. The van der Waals surface area contributed by atoms with E-state index >= 15 is 0 Å². The molecule has 1 saturated heterocycles. The second kappa shape index (κ2) is 7.37. The second-order valence-corrected chi connectivity index (χ2v) is 9.40. The van der Waals surface area contributed by atoms with Gasteiger partial charge in [-0.3, -0.25) is 0 Å². The van der Waals surface area contributed by atoms with Crippen LogP contribution < -0.4 is 9.62 Å². The van der Waals surface area contributed by atoms with Gasteiger partial charge >= 0.3 is 0 Å². The van der Waals surface area contributed by atoms with Crippen molar-refractivity contribution in [1.82, 2.24) is 14.6 Å². The highest BCUT2D eigenvalue weighted by Gasteiger charge is 2.18. The van der Waals surface area contributed by atoms with Crippen LogP contribution >= 0.6 is 22.9 Å². The number of hydrogen-bond donors (Lipinski definition) is 1. The van der Waals surface area contributed by atoms with Crippen molar-refractivity contribution in [3.05, 3.63) is 40.4 Å². The first kappa shape index (κ1) is 17.6. The van der Waals surface area contributed by atoms with Gasteiger partial charge in [-0.1, -0.05) is 11.6 Å². The van der Waals surface area contributed by atoms with Crippen molar-refractivity contribution < 1.29 is 8.42 Å². The van der Waals surface area contributed by atoms with E-state index in [4.69, 9.17) is 11.6 Å². The van der Waals surface area contributed by atoms with Crippen LogP contribution in [0.2, 0.25) is 4.34 Å². The van der Waals surface area contributed by atoms with Crippen LogP contribution in [0, 0.1) is 0 Å². The SMILES string of the molecule is CN1CCN(c2cc(CNS(=O)(=O)c3ccc(Cl)s3)ccn2)CC1. The summed E-state index contributed by atoms with van der Waals surface area (Å²) in [5.74, 6) is 0.888. The molecule has 0 amide bonds. The zero-order chi connectivity index (χ0) is 17.2. The van der Waals surface area contributed by atoms with E-state index in [9.17, 15) is 8.42 Å². The van der Waals surface area contributed by atoms with Gasteiger partial charge in [-0.05, 0) is 36.9 Å². The standard InChI is InChI=1S/C15H19ClN4O2S2/c1-19-6-8-20(9-7-19)14-10-12(4-5-17-14)11-18-24(21,22)15-3-2-13(16)23-15/h2-5,10,18H,6-9,11H2,1H3. The lowest BCUT2D eigenvalue weighted by atomic mass is 10.2. The number of rotatable bonds is 5. The van der Waals surface area contributed by atoms with Crippen molar-refractivity contribution in [1.29, 1.82) is 0 Å². The molecule has 0 aliphatic carbocycles. The molecule has 3 rings (SSSR count). The van der Waals surface area contributed by atoms with Crippen molar-refractivity contribution in [2.75, 3.05) is 38.1 Å². The number of thiophene rings is 1. The summed E-state index contributed by atoms with van der Waals surface area (Å²) in [7, 11) is -1.44. The van der Waals surface area contributed by atoms with Gasteiger partial charge in [0.25, 0.3) is 0 Å². The van der Waals surface area contributed by atoms with Gasteiger partial charge in [0, 0.05) is 38.9 Å². The molecule has 2 aromatic rings. The van der Waals surface area contributed by atoms with E-state index < -0.39 is 10.0 Å². The Morgan fingerprint density at radius 1 is 1.25 bits per heavy atom. The molecule has 1 fully saturated rings. The zero-order valence-corrected chi connectivity index (χ0v) is 15.7. The molecule has 24 heavy (non-hydrogen) atoms. The molecule has 0 radical (unpaired) electrons. The normalized spacial score (nSPS) is 16.5. The number of nitrogens with one attached hydrogen (secondary N) is 1. The number of piperazine rings is 1. The minimum absolute atomic E-state index is 0.223. The molecule has 130 valence electrons. The highest BCUT2D eigenvalue weighted by Crippen LogP contribution is 2.25. The average Bonchev–Trinajstić information content (AvgIpc) is 3.02. The molecule has 0 atom stereocenters. The summed E-state index contributed by atoms with van der Waals surface area (Å²) in [6, 6.07) is 6.86. The molecule has 3 heterocycles. The number of nitrogens with zero attached hydrogens (tertiary/aromatic N) is 3. The molecule has 1 N–H and O–H groups in total. The zero-order valence-electron chi connectivity index (χ0n) is 13.3. The molecule has 0 bridgehead atoms. The fraction of sp³-hybridized carbons (Fsp3) is 0.400. The van der Waals surface area contributed by atoms with Crippen molar-refractivity contribution >= 4 is 38.8 Å². The Balaban J connectivity index is 1.66. The van der Waals surface area contributed by atoms with E-state index in [2.05, 4.69) is 26.6 Å². The van der Waals surface area contributed by atoms with Gasteiger partial charge in [0.15, 0.2) is 0 Å². The Bertz CT molecular complexity index is 801. The number of likely N-dealkylation sites (N-methyl/N-ethyl adjacent to an activating group) is 1. The lowest BCUT2D eigenvalue weighted by Gasteiger charge is -2.33. The number of anilines is 1. The van der Waals surface area contributed by atoms with Crippen LogP contribution in [0.15, 0.2) is 34.7 Å². The van der Waals surface area contributed by atoms with Crippen LogP contribution in [0.1, 0.15) is 5.56 Å². The molecule has 0 aromatic carbocycles. The minimum Gasteiger partial charge on any atom is -0.354 e. The second-order valence-electron chi connectivity index (χ2n) is 5.70. The van der Waals surface area contributed by atoms with E-state index in [0.29, 0.717) is 4.34 Å². The van der Waals surface area contributed by atoms with E-state index in [1.165, 1.54) is 6.07 Å². The monoisotopic (exact) mass is 386 g/mol. The Kier molecular flexibility index (Phi) is 5.41. The summed E-state index contributed by atoms with van der Waals surface area (Å²) in [6.45, 7) is 4.06. The smallest absolute Gasteiger partial charge is 0.250 e. The third-order valence-corrected chi connectivity index (χ3v) is 7.04. The predicted molar refractivity (Wildman–Crippen MR) is 97.3 cm³/mol. The maximum atomic E-state index is 12.3. The van der Waals surface area contributed by atoms with Crippen molar-refractivity contribution in [2.45, 2.75) is 10.8 Å². The molecule has 0 spiro atoms. The molecule has 9 heteroatoms. The molecule has 1 aliphatic rings. The first-order chi connectivity index (χ1) is 11.4. The average molecular weight is 387 g/mol. The van der Waals surface area contributed by atoms with Crippen LogP contribution in [-0.4, -0.2) is 51.5 Å². The number of pyridine rings is 1. The van der Waals surface area contributed by atoms with Crippen molar-refractivity contribution in [3.8, 4) is 0 Å². The number of aromatic nitrogens is 1. The first-order valence-corrected chi connectivity index (χ1v) is 10.3. The van der Waals surface area contributed by atoms with Crippen molar-refractivity contribution in [2.24, 2.45) is 0 Å². The van der Waals surface area contributed by atoms with Crippen LogP contribution in [0.5, 0.6) is 0 Å². The Morgan fingerprint density at radius 3 is 2.67 bits per heavy atom. The van der Waals surface area contributed by atoms with Crippen LogP contribution in [0.25, 0.3) is 0 Å². The Labute approximate surface area is 151 Å². The van der Waals surface area contributed by atoms with Gasteiger partial charge in [0.1, 0.15) is 10.0 Å². The minimum atomic E-state index is -3.54. The molecule has 0 unspecified atom stereocenters. The van der Waals surface area contributed by atoms with E-state index in [1.807, 2.05) is 12.1 Å². The van der Waals surface area contributed by atoms with Gasteiger partial charge in [-0.15, -0.1) is 11.3 Å². The molecular weight excluding hydrogens is 368 g/mol. The third kappa shape index (κ3) is 4.25. The molecule has 6 nitrogen and oxygen atoms in total. The maximum absolute atomic E-state index is 12.3. The van der Waals surface area contributed by atoms with Gasteiger partial charge in [-0.25, -0.2) is 18.1 Å². The van der Waals surface area contributed by atoms with Gasteiger partial charge in [0.05, 0.1) is 4.34 Å². The van der Waals surface area contributed by atoms with E-state index in [-0.39, 0.29) is 10.8 Å². The molecular formula is C15H19ClN4O2S2. The summed E-state index contributed by atoms with van der Waals surface area (Å²) in [4.78, 5) is 8.91. The topological polar surface area (TPSA) is 65.5 Å². The number of sulfonamides is 1. The summed E-state index contributed by atoms with van der Waals surface area (Å²) >= 11 is 6.86. The van der Waals surface area contributed by atoms with Gasteiger partial charge in [-0.2, -0.15) is 0 Å². The first-order valence-electron chi connectivity index (χ1n) is 7.57. The Hall–Kier alpha value is -1.19. The van der Waals surface area contributed by atoms with Crippen molar-refractivity contribution in [3.63, 3.8) is 0 Å². The number of halogens is 1. The molecule has 2 aromatic heterocycles. The summed E-state index contributed by atoms with van der Waals surface area (Å²) in [5.41, 5.74) is 0.880. The van der Waals surface area contributed by atoms with Crippen LogP contribution in [0.3, 0.4) is 0 Å². The fourth-order valence-electron chi connectivity index (χ4n) is 2.47. The van der Waals surface area contributed by atoms with Gasteiger partial charge in [0.2, 0.25) is 10.0 Å². The quantitative estimate of drug-likeness (QED) is 0.851. The maximum Gasteiger partial charge on any atom is 0.250 e. The molecule has 0 saturated carbocycles. The summed E-state index contributed by atoms with van der Waals surface area (Å²) in [5, 5.41) is 0. The van der Waals surface area contributed by atoms with Crippen LogP contribution in [0.4, 0.5) is 5.82 Å².